The third kappa shape index (κ3) is 3.66. The van der Waals surface area contributed by atoms with Gasteiger partial charge in [-0.05, 0) is 30.9 Å². The number of ether oxygens (including phenoxy) is 1. The van der Waals surface area contributed by atoms with E-state index in [2.05, 4.69) is 19.2 Å². The van der Waals surface area contributed by atoms with Crippen LogP contribution in [0.4, 0.5) is 18.9 Å². The van der Waals surface area contributed by atoms with Crippen molar-refractivity contribution in [1.82, 2.24) is 0 Å². The zero-order valence-corrected chi connectivity index (χ0v) is 11.7. The average Bonchev–Trinajstić information content (AvgIpc) is 2.38. The van der Waals surface area contributed by atoms with Crippen molar-refractivity contribution in [3.05, 3.63) is 29.8 Å². The topological polar surface area (TPSA) is 21.3 Å². The number of halogens is 3. The zero-order chi connectivity index (χ0) is 14.8. The highest BCUT2D eigenvalue weighted by molar-refractivity contribution is 5.53. The fourth-order valence-corrected chi connectivity index (χ4v) is 2.50. The summed E-state index contributed by atoms with van der Waals surface area (Å²) in [6, 6.07) is 5.66. The van der Waals surface area contributed by atoms with E-state index in [0.717, 1.165) is 18.9 Å². The summed E-state index contributed by atoms with van der Waals surface area (Å²) < 4.78 is 44.5. The van der Waals surface area contributed by atoms with Gasteiger partial charge in [-0.25, -0.2) is 0 Å². The molecule has 1 aliphatic heterocycles. The SMILES string of the molecule is CC(C)C1CC(Nc2ccccc2C(F)(F)F)CCO1. The van der Waals surface area contributed by atoms with Crippen molar-refractivity contribution < 1.29 is 17.9 Å². The first kappa shape index (κ1) is 15.2. The Kier molecular flexibility index (Phi) is 4.58. The Hall–Kier alpha value is -1.23. The highest BCUT2D eigenvalue weighted by Crippen LogP contribution is 2.35. The van der Waals surface area contributed by atoms with E-state index in [9.17, 15) is 13.2 Å². The Balaban J connectivity index is 2.10. The maximum atomic E-state index is 12.9. The molecule has 2 nitrogen and oxygen atoms in total. The van der Waals surface area contributed by atoms with Gasteiger partial charge in [0.05, 0.1) is 11.7 Å². The number of alkyl halides is 3. The number of benzene rings is 1. The van der Waals surface area contributed by atoms with Crippen LogP contribution in [0, 0.1) is 5.92 Å². The summed E-state index contributed by atoms with van der Waals surface area (Å²) >= 11 is 0. The van der Waals surface area contributed by atoms with E-state index in [1.807, 2.05) is 0 Å². The Morgan fingerprint density at radius 3 is 2.60 bits per heavy atom. The second-order valence-corrected chi connectivity index (χ2v) is 5.56. The molecule has 1 aromatic rings. The predicted molar refractivity (Wildman–Crippen MR) is 72.7 cm³/mol. The van der Waals surface area contributed by atoms with Crippen molar-refractivity contribution in [2.24, 2.45) is 5.92 Å². The summed E-state index contributed by atoms with van der Waals surface area (Å²) in [4.78, 5) is 0. The van der Waals surface area contributed by atoms with Crippen LogP contribution >= 0.6 is 0 Å². The van der Waals surface area contributed by atoms with Crippen LogP contribution in [-0.2, 0) is 10.9 Å². The number of para-hydroxylation sites is 1. The maximum absolute atomic E-state index is 12.9. The number of nitrogens with one attached hydrogen (secondary N) is 1. The number of hydrogen-bond donors (Lipinski definition) is 1. The Morgan fingerprint density at radius 1 is 1.25 bits per heavy atom. The smallest absolute Gasteiger partial charge is 0.382 e. The van der Waals surface area contributed by atoms with Gasteiger partial charge in [0.15, 0.2) is 0 Å². The highest BCUT2D eigenvalue weighted by Gasteiger charge is 2.34. The largest absolute Gasteiger partial charge is 0.418 e. The maximum Gasteiger partial charge on any atom is 0.418 e. The van der Waals surface area contributed by atoms with Crippen LogP contribution in [0.5, 0.6) is 0 Å². The molecule has 2 atom stereocenters. The molecule has 0 aromatic heterocycles. The standard InChI is InChI=1S/C15H20F3NO/c1-10(2)14-9-11(7-8-20-14)19-13-6-4-3-5-12(13)15(16,17)18/h3-6,10-11,14,19H,7-9H2,1-2H3. The third-order valence-electron chi connectivity index (χ3n) is 3.65. The molecule has 5 heteroatoms. The molecule has 1 fully saturated rings. The molecular weight excluding hydrogens is 267 g/mol. The molecule has 0 amide bonds. The van der Waals surface area contributed by atoms with E-state index < -0.39 is 11.7 Å². The lowest BCUT2D eigenvalue weighted by Gasteiger charge is -2.33. The van der Waals surface area contributed by atoms with Gasteiger partial charge < -0.3 is 10.1 Å². The molecule has 1 heterocycles. The molecule has 2 rings (SSSR count). The van der Waals surface area contributed by atoms with Gasteiger partial charge in [-0.2, -0.15) is 13.2 Å². The van der Waals surface area contributed by atoms with Crippen LogP contribution in [-0.4, -0.2) is 18.8 Å². The van der Waals surface area contributed by atoms with Gasteiger partial charge in [0, 0.05) is 18.3 Å². The zero-order valence-electron chi connectivity index (χ0n) is 11.7. The third-order valence-corrected chi connectivity index (χ3v) is 3.65. The van der Waals surface area contributed by atoms with Crippen LogP contribution in [0.2, 0.25) is 0 Å². The van der Waals surface area contributed by atoms with Crippen molar-refractivity contribution in [1.29, 1.82) is 0 Å². The van der Waals surface area contributed by atoms with E-state index in [4.69, 9.17) is 4.74 Å². The molecule has 0 saturated carbocycles. The minimum Gasteiger partial charge on any atom is -0.382 e. The van der Waals surface area contributed by atoms with Crippen LogP contribution in [0.15, 0.2) is 24.3 Å². The van der Waals surface area contributed by atoms with Gasteiger partial charge in [0.1, 0.15) is 0 Å². The summed E-state index contributed by atoms with van der Waals surface area (Å²) in [5.74, 6) is 0.373. The Labute approximate surface area is 117 Å². The summed E-state index contributed by atoms with van der Waals surface area (Å²) in [6.45, 7) is 4.72. The van der Waals surface area contributed by atoms with Crippen molar-refractivity contribution in [2.75, 3.05) is 11.9 Å². The Morgan fingerprint density at radius 2 is 1.95 bits per heavy atom. The molecule has 0 bridgehead atoms. The molecular formula is C15H20F3NO. The second kappa shape index (κ2) is 6.04. The van der Waals surface area contributed by atoms with Gasteiger partial charge >= 0.3 is 6.18 Å². The average molecular weight is 287 g/mol. The predicted octanol–water partition coefficient (Wildman–Crippen LogP) is 4.32. The van der Waals surface area contributed by atoms with Crippen LogP contribution in [0.1, 0.15) is 32.3 Å². The monoisotopic (exact) mass is 287 g/mol. The van der Waals surface area contributed by atoms with Crippen molar-refractivity contribution in [2.45, 2.75) is 45.0 Å². The van der Waals surface area contributed by atoms with Crippen LogP contribution in [0.25, 0.3) is 0 Å². The lowest BCUT2D eigenvalue weighted by molar-refractivity contribution is -0.137. The molecule has 1 aliphatic rings. The highest BCUT2D eigenvalue weighted by atomic mass is 19.4. The van der Waals surface area contributed by atoms with E-state index in [0.29, 0.717) is 12.5 Å². The van der Waals surface area contributed by atoms with Gasteiger partial charge in [-0.3, -0.25) is 0 Å². The normalized spacial score (nSPS) is 23.9. The van der Waals surface area contributed by atoms with E-state index in [-0.39, 0.29) is 17.8 Å². The van der Waals surface area contributed by atoms with Crippen LogP contribution < -0.4 is 5.32 Å². The Bertz CT molecular complexity index is 445. The van der Waals surface area contributed by atoms with Gasteiger partial charge in [0.25, 0.3) is 0 Å². The van der Waals surface area contributed by atoms with Crippen molar-refractivity contribution >= 4 is 5.69 Å². The number of anilines is 1. The van der Waals surface area contributed by atoms with Crippen LogP contribution in [0.3, 0.4) is 0 Å². The summed E-state index contributed by atoms with van der Waals surface area (Å²) in [5, 5.41) is 3.04. The molecule has 20 heavy (non-hydrogen) atoms. The van der Waals surface area contributed by atoms with Crippen molar-refractivity contribution in [3.8, 4) is 0 Å². The summed E-state index contributed by atoms with van der Waals surface area (Å²) in [7, 11) is 0. The molecule has 1 aromatic carbocycles. The quantitative estimate of drug-likeness (QED) is 0.894. The lowest BCUT2D eigenvalue weighted by atomic mass is 9.95. The number of rotatable bonds is 3. The molecule has 1 N–H and O–H groups in total. The first-order chi connectivity index (χ1) is 9.38. The fraction of sp³-hybridized carbons (Fsp3) is 0.600. The molecule has 1 saturated heterocycles. The van der Waals surface area contributed by atoms with Gasteiger partial charge in [0.2, 0.25) is 0 Å². The molecule has 0 aliphatic carbocycles. The molecule has 112 valence electrons. The van der Waals surface area contributed by atoms with E-state index in [1.165, 1.54) is 12.1 Å². The molecule has 0 spiro atoms. The second-order valence-electron chi connectivity index (χ2n) is 5.56. The summed E-state index contributed by atoms with van der Waals surface area (Å²) in [6.07, 6.45) is -2.75. The van der Waals surface area contributed by atoms with Gasteiger partial charge in [-0.15, -0.1) is 0 Å². The number of hydrogen-bond acceptors (Lipinski definition) is 2. The first-order valence-electron chi connectivity index (χ1n) is 6.92. The fourth-order valence-electron chi connectivity index (χ4n) is 2.50. The van der Waals surface area contributed by atoms with Crippen molar-refractivity contribution in [3.63, 3.8) is 0 Å². The molecule has 0 radical (unpaired) electrons. The minimum atomic E-state index is -4.33. The van der Waals surface area contributed by atoms with E-state index in [1.54, 1.807) is 6.07 Å². The molecule has 2 unspecified atom stereocenters. The minimum absolute atomic E-state index is 0.0275. The summed E-state index contributed by atoms with van der Waals surface area (Å²) in [5.41, 5.74) is -0.443. The van der Waals surface area contributed by atoms with Gasteiger partial charge in [-0.1, -0.05) is 26.0 Å². The lowest BCUT2D eigenvalue weighted by Crippen LogP contribution is -2.37. The van der Waals surface area contributed by atoms with E-state index >= 15 is 0 Å². The first-order valence-corrected chi connectivity index (χ1v) is 6.92.